The predicted molar refractivity (Wildman–Crippen MR) is 59.7 cm³/mol. The molecule has 0 heterocycles. The third kappa shape index (κ3) is 3.14. The first-order chi connectivity index (χ1) is 6.65. The highest BCUT2D eigenvalue weighted by Gasteiger charge is 2.11. The summed E-state index contributed by atoms with van der Waals surface area (Å²) in [6.07, 6.45) is 2.38. The smallest absolute Gasteiger partial charge is 0.127 e. The van der Waals surface area contributed by atoms with Crippen molar-refractivity contribution in [3.05, 3.63) is 34.6 Å². The molecule has 0 saturated heterocycles. The van der Waals surface area contributed by atoms with Gasteiger partial charge in [-0.25, -0.2) is 4.39 Å². The Morgan fingerprint density at radius 2 is 2.14 bits per heavy atom. The quantitative estimate of drug-likeness (QED) is 0.677. The van der Waals surface area contributed by atoms with Crippen molar-refractivity contribution in [2.75, 3.05) is 0 Å². The van der Waals surface area contributed by atoms with E-state index in [1.807, 2.05) is 0 Å². The molecule has 0 spiro atoms. The first-order valence-electron chi connectivity index (χ1n) is 4.72. The van der Waals surface area contributed by atoms with E-state index in [1.54, 1.807) is 12.1 Å². The first kappa shape index (κ1) is 11.8. The molecule has 1 aromatic rings. The van der Waals surface area contributed by atoms with E-state index in [0.29, 0.717) is 17.0 Å². The van der Waals surface area contributed by atoms with Gasteiger partial charge in [0.1, 0.15) is 5.82 Å². The molecule has 0 radical (unpaired) electrons. The van der Waals surface area contributed by atoms with E-state index < -0.39 is 0 Å². The molecule has 14 heavy (non-hydrogen) atoms. The van der Waals surface area contributed by atoms with Gasteiger partial charge in [0.25, 0.3) is 0 Å². The van der Waals surface area contributed by atoms with Gasteiger partial charge in [-0.2, -0.15) is 0 Å². The van der Waals surface area contributed by atoms with E-state index in [0.717, 1.165) is 12.8 Å². The summed E-state index contributed by atoms with van der Waals surface area (Å²) in [4.78, 5) is 0. The van der Waals surface area contributed by atoms with Crippen molar-refractivity contribution in [3.8, 4) is 0 Å². The summed E-state index contributed by atoms with van der Waals surface area (Å²) in [5, 5.41) is 0.432. The summed E-state index contributed by atoms with van der Waals surface area (Å²) in [5.41, 5.74) is 0.530. The lowest BCUT2D eigenvalue weighted by Crippen LogP contribution is -2.05. The Morgan fingerprint density at radius 1 is 1.43 bits per heavy atom. The van der Waals surface area contributed by atoms with E-state index in [-0.39, 0.29) is 11.2 Å². The van der Waals surface area contributed by atoms with Crippen LogP contribution in [0.5, 0.6) is 0 Å². The molecule has 1 aromatic carbocycles. The van der Waals surface area contributed by atoms with Crippen LogP contribution in [0, 0.1) is 5.82 Å². The maximum Gasteiger partial charge on any atom is 0.127 e. The molecule has 0 N–H and O–H groups in total. The Hall–Kier alpha value is -0.270. The lowest BCUT2D eigenvalue weighted by Gasteiger charge is -2.10. The van der Waals surface area contributed by atoms with Crippen LogP contribution in [-0.4, -0.2) is 5.38 Å². The Bertz CT molecular complexity index is 279. The van der Waals surface area contributed by atoms with Crippen LogP contribution in [-0.2, 0) is 6.42 Å². The largest absolute Gasteiger partial charge is 0.207 e. The third-order valence-corrected chi connectivity index (χ3v) is 2.82. The molecule has 0 aliphatic rings. The molecule has 0 amide bonds. The maximum atomic E-state index is 13.3. The van der Waals surface area contributed by atoms with Crippen molar-refractivity contribution in [1.29, 1.82) is 0 Å². The Morgan fingerprint density at radius 3 is 2.71 bits per heavy atom. The molecule has 3 heteroatoms. The van der Waals surface area contributed by atoms with Crippen LogP contribution in [0.2, 0.25) is 5.02 Å². The van der Waals surface area contributed by atoms with Gasteiger partial charge in [0.05, 0.1) is 0 Å². The molecule has 0 bridgehead atoms. The first-order valence-corrected chi connectivity index (χ1v) is 5.53. The van der Waals surface area contributed by atoms with Gasteiger partial charge in [-0.05, 0) is 25.0 Å². The highest BCUT2D eigenvalue weighted by Crippen LogP contribution is 2.23. The molecule has 1 unspecified atom stereocenters. The molecule has 1 atom stereocenters. The van der Waals surface area contributed by atoms with Crippen molar-refractivity contribution in [2.45, 2.75) is 31.6 Å². The summed E-state index contributed by atoms with van der Waals surface area (Å²) in [6, 6.07) is 4.70. The summed E-state index contributed by atoms with van der Waals surface area (Å²) in [6.45, 7) is 2.05. The number of hydrogen-bond acceptors (Lipinski definition) is 0. The van der Waals surface area contributed by atoms with E-state index >= 15 is 0 Å². The van der Waals surface area contributed by atoms with E-state index in [9.17, 15) is 4.39 Å². The van der Waals surface area contributed by atoms with Crippen LogP contribution >= 0.6 is 23.2 Å². The average molecular weight is 235 g/mol. The molecule has 0 aliphatic carbocycles. The van der Waals surface area contributed by atoms with Gasteiger partial charge >= 0.3 is 0 Å². The van der Waals surface area contributed by atoms with E-state index in [2.05, 4.69) is 6.92 Å². The van der Waals surface area contributed by atoms with Crippen LogP contribution in [0.1, 0.15) is 25.3 Å². The van der Waals surface area contributed by atoms with Gasteiger partial charge in [-0.3, -0.25) is 0 Å². The van der Waals surface area contributed by atoms with Crippen molar-refractivity contribution >= 4 is 23.2 Å². The summed E-state index contributed by atoms with van der Waals surface area (Å²) >= 11 is 11.9. The van der Waals surface area contributed by atoms with Crippen molar-refractivity contribution in [3.63, 3.8) is 0 Å². The summed E-state index contributed by atoms with van der Waals surface area (Å²) in [7, 11) is 0. The predicted octanol–water partition coefficient (Wildman–Crippen LogP) is 4.43. The molecular formula is C11H13Cl2F. The van der Waals surface area contributed by atoms with Gasteiger partial charge in [0, 0.05) is 16.0 Å². The Kier molecular flexibility index (Phi) is 4.70. The second-order valence-electron chi connectivity index (χ2n) is 3.29. The minimum atomic E-state index is -0.265. The van der Waals surface area contributed by atoms with Gasteiger partial charge in [-0.1, -0.05) is 31.0 Å². The fourth-order valence-corrected chi connectivity index (χ4v) is 1.98. The minimum absolute atomic E-state index is 0.0330. The zero-order chi connectivity index (χ0) is 10.6. The zero-order valence-electron chi connectivity index (χ0n) is 8.06. The topological polar surface area (TPSA) is 0 Å². The molecule has 1 rings (SSSR count). The summed E-state index contributed by atoms with van der Waals surface area (Å²) < 4.78 is 13.3. The molecule has 0 saturated carbocycles. The van der Waals surface area contributed by atoms with Crippen LogP contribution in [0.3, 0.4) is 0 Å². The average Bonchev–Trinajstić information content (AvgIpc) is 2.12. The molecule has 0 nitrogen and oxygen atoms in total. The van der Waals surface area contributed by atoms with Gasteiger partial charge in [0.2, 0.25) is 0 Å². The monoisotopic (exact) mass is 234 g/mol. The van der Waals surface area contributed by atoms with Gasteiger partial charge in [-0.15, -0.1) is 11.6 Å². The normalized spacial score (nSPS) is 12.9. The van der Waals surface area contributed by atoms with Crippen molar-refractivity contribution in [2.24, 2.45) is 0 Å². The molecule has 0 fully saturated rings. The fourth-order valence-electron chi connectivity index (χ4n) is 1.36. The van der Waals surface area contributed by atoms with Crippen molar-refractivity contribution in [1.82, 2.24) is 0 Å². The number of alkyl halides is 1. The van der Waals surface area contributed by atoms with Crippen LogP contribution in [0.25, 0.3) is 0 Å². The highest BCUT2D eigenvalue weighted by molar-refractivity contribution is 6.31. The Balaban J connectivity index is 2.75. The molecule has 0 aliphatic heterocycles. The standard InChI is InChI=1S/C11H13Cl2F/c1-2-4-8(12)7-9-10(13)5-3-6-11(9)14/h3,5-6,8H,2,4,7H2,1H3. The number of benzene rings is 1. The SMILES string of the molecule is CCCC(Cl)Cc1c(F)cccc1Cl. The molecular weight excluding hydrogens is 222 g/mol. The minimum Gasteiger partial charge on any atom is -0.207 e. The second-order valence-corrected chi connectivity index (χ2v) is 4.31. The van der Waals surface area contributed by atoms with Gasteiger partial charge < -0.3 is 0 Å². The highest BCUT2D eigenvalue weighted by atomic mass is 35.5. The van der Waals surface area contributed by atoms with Crippen LogP contribution < -0.4 is 0 Å². The van der Waals surface area contributed by atoms with Gasteiger partial charge in [0.15, 0.2) is 0 Å². The van der Waals surface area contributed by atoms with Crippen LogP contribution in [0.4, 0.5) is 4.39 Å². The fraction of sp³-hybridized carbons (Fsp3) is 0.455. The number of hydrogen-bond donors (Lipinski definition) is 0. The lowest BCUT2D eigenvalue weighted by atomic mass is 10.1. The van der Waals surface area contributed by atoms with E-state index in [4.69, 9.17) is 23.2 Å². The zero-order valence-corrected chi connectivity index (χ0v) is 9.58. The lowest BCUT2D eigenvalue weighted by molar-refractivity contribution is 0.600. The number of rotatable bonds is 4. The number of halogens is 3. The van der Waals surface area contributed by atoms with Crippen LogP contribution in [0.15, 0.2) is 18.2 Å². The summed E-state index contributed by atoms with van der Waals surface area (Å²) in [5.74, 6) is -0.265. The molecule has 78 valence electrons. The second kappa shape index (κ2) is 5.57. The van der Waals surface area contributed by atoms with E-state index in [1.165, 1.54) is 6.07 Å². The molecule has 0 aromatic heterocycles. The Labute approximate surface area is 94.0 Å². The maximum absolute atomic E-state index is 13.3. The van der Waals surface area contributed by atoms with Crippen molar-refractivity contribution < 1.29 is 4.39 Å². The third-order valence-electron chi connectivity index (χ3n) is 2.09.